The lowest BCUT2D eigenvalue weighted by Crippen LogP contribution is -2.13. The molecule has 0 aliphatic rings. The summed E-state index contributed by atoms with van der Waals surface area (Å²) < 4.78 is 22.6. The van der Waals surface area contributed by atoms with Gasteiger partial charge >= 0.3 is 0 Å². The van der Waals surface area contributed by atoms with Gasteiger partial charge in [-0.25, -0.2) is 4.68 Å². The van der Waals surface area contributed by atoms with E-state index in [1.54, 1.807) is 11.8 Å². The molecular formula is C12H24N4O4. The molecule has 20 heavy (non-hydrogen) atoms. The Balaban J connectivity index is 1.83. The lowest BCUT2D eigenvalue weighted by Gasteiger charge is -2.06. The van der Waals surface area contributed by atoms with Crippen LogP contribution in [-0.4, -0.2) is 68.4 Å². The smallest absolute Gasteiger partial charge is 0.0962 e. The molecule has 0 saturated heterocycles. The Bertz CT molecular complexity index is 335. The molecule has 0 amide bonds. The summed E-state index contributed by atoms with van der Waals surface area (Å²) in [5.74, 6) is 0. The van der Waals surface area contributed by atoms with E-state index in [9.17, 15) is 0 Å². The lowest BCUT2D eigenvalue weighted by molar-refractivity contribution is 0.00244. The van der Waals surface area contributed by atoms with Crippen molar-refractivity contribution in [3.05, 3.63) is 11.9 Å². The van der Waals surface area contributed by atoms with Gasteiger partial charge in [0.1, 0.15) is 0 Å². The molecule has 0 spiro atoms. The van der Waals surface area contributed by atoms with Crippen molar-refractivity contribution in [3.8, 4) is 0 Å². The third-order valence-corrected chi connectivity index (χ3v) is 2.44. The van der Waals surface area contributed by atoms with E-state index in [0.717, 1.165) is 5.69 Å². The maximum Gasteiger partial charge on any atom is 0.0962 e. The first-order chi connectivity index (χ1) is 9.86. The van der Waals surface area contributed by atoms with E-state index >= 15 is 0 Å². The summed E-state index contributed by atoms with van der Waals surface area (Å²) in [5.41, 5.74) is 6.22. The molecule has 0 saturated carbocycles. The highest BCUT2D eigenvalue weighted by Crippen LogP contribution is 1.91. The molecular weight excluding hydrogens is 264 g/mol. The quantitative estimate of drug-likeness (QED) is 0.486. The van der Waals surface area contributed by atoms with Gasteiger partial charge in [-0.2, -0.15) is 0 Å². The molecule has 8 nitrogen and oxygen atoms in total. The largest absolute Gasteiger partial charge is 0.382 e. The predicted molar refractivity (Wildman–Crippen MR) is 72.2 cm³/mol. The average molecular weight is 288 g/mol. The fourth-order valence-electron chi connectivity index (χ4n) is 1.38. The average Bonchev–Trinajstić information content (AvgIpc) is 2.93. The van der Waals surface area contributed by atoms with Crippen LogP contribution in [0.2, 0.25) is 0 Å². The first-order valence-corrected chi connectivity index (χ1v) is 6.68. The lowest BCUT2D eigenvalue weighted by atomic mass is 10.5. The normalized spacial score (nSPS) is 11.1. The Kier molecular flexibility index (Phi) is 9.98. The number of hydrogen-bond acceptors (Lipinski definition) is 7. The number of nitrogens with zero attached hydrogens (tertiary/aromatic N) is 3. The van der Waals surface area contributed by atoms with Gasteiger partial charge in [0.05, 0.1) is 58.5 Å². The van der Waals surface area contributed by atoms with E-state index in [-0.39, 0.29) is 0 Å². The van der Waals surface area contributed by atoms with Crippen LogP contribution >= 0.6 is 0 Å². The fourth-order valence-corrected chi connectivity index (χ4v) is 1.38. The number of nitrogens with two attached hydrogens (primary N) is 1. The zero-order chi connectivity index (χ0) is 14.5. The van der Waals surface area contributed by atoms with Crippen molar-refractivity contribution in [1.82, 2.24) is 15.0 Å². The molecule has 0 fully saturated rings. The standard InChI is InChI=1S/C12H24N4O4/c1-17-4-5-19-8-9-20-7-6-18-3-2-16-11-12(10-13)14-15-16/h11H,2-10,13H2,1H3. The summed E-state index contributed by atoms with van der Waals surface area (Å²) in [7, 11) is 1.65. The van der Waals surface area contributed by atoms with Gasteiger partial charge in [-0.3, -0.25) is 0 Å². The minimum atomic E-state index is 0.404. The predicted octanol–water partition coefficient (Wildman–Crippen LogP) is -0.567. The van der Waals surface area contributed by atoms with Gasteiger partial charge < -0.3 is 24.7 Å². The summed E-state index contributed by atoms with van der Waals surface area (Å²) in [4.78, 5) is 0. The molecule has 0 radical (unpaired) electrons. The molecule has 1 rings (SSSR count). The summed E-state index contributed by atoms with van der Waals surface area (Å²) in [5, 5.41) is 7.81. The first kappa shape index (κ1) is 17.0. The van der Waals surface area contributed by atoms with Gasteiger partial charge in [0.25, 0.3) is 0 Å². The highest BCUT2D eigenvalue weighted by Gasteiger charge is 1.98. The number of hydrogen-bond donors (Lipinski definition) is 1. The fraction of sp³-hybridized carbons (Fsp3) is 0.833. The van der Waals surface area contributed by atoms with Crippen LogP contribution < -0.4 is 5.73 Å². The number of ether oxygens (including phenoxy) is 4. The molecule has 1 heterocycles. The molecule has 0 aliphatic heterocycles. The molecule has 0 atom stereocenters. The maximum absolute atomic E-state index is 5.44. The second-order valence-corrected chi connectivity index (χ2v) is 4.01. The van der Waals surface area contributed by atoms with Crippen LogP contribution in [0.25, 0.3) is 0 Å². The van der Waals surface area contributed by atoms with Crippen LogP contribution in [0.15, 0.2) is 6.20 Å². The number of aromatic nitrogens is 3. The topological polar surface area (TPSA) is 93.7 Å². The highest BCUT2D eigenvalue weighted by molar-refractivity contribution is 4.90. The second kappa shape index (κ2) is 11.7. The molecule has 2 N–H and O–H groups in total. The monoisotopic (exact) mass is 288 g/mol. The summed E-state index contributed by atoms with van der Waals surface area (Å²) in [6.45, 7) is 5.08. The van der Waals surface area contributed by atoms with Gasteiger partial charge in [0.15, 0.2) is 0 Å². The van der Waals surface area contributed by atoms with Crippen LogP contribution in [0.1, 0.15) is 5.69 Å². The Morgan fingerprint density at radius 1 is 1.00 bits per heavy atom. The van der Waals surface area contributed by atoms with Crippen LogP contribution in [0, 0.1) is 0 Å². The van der Waals surface area contributed by atoms with Gasteiger partial charge in [0, 0.05) is 19.9 Å². The molecule has 1 aromatic heterocycles. The van der Waals surface area contributed by atoms with E-state index in [1.165, 1.54) is 0 Å². The van der Waals surface area contributed by atoms with Crippen molar-refractivity contribution in [2.24, 2.45) is 5.73 Å². The highest BCUT2D eigenvalue weighted by atomic mass is 16.6. The zero-order valence-corrected chi connectivity index (χ0v) is 12.0. The number of methoxy groups -OCH3 is 1. The van der Waals surface area contributed by atoms with Crippen molar-refractivity contribution in [2.75, 3.05) is 53.4 Å². The molecule has 8 heteroatoms. The molecule has 0 aromatic carbocycles. The minimum Gasteiger partial charge on any atom is -0.382 e. The van der Waals surface area contributed by atoms with Crippen molar-refractivity contribution < 1.29 is 18.9 Å². The van der Waals surface area contributed by atoms with Crippen molar-refractivity contribution >= 4 is 0 Å². The van der Waals surface area contributed by atoms with Crippen LogP contribution in [-0.2, 0) is 32.0 Å². The minimum absolute atomic E-state index is 0.404. The van der Waals surface area contributed by atoms with Crippen LogP contribution in [0.4, 0.5) is 0 Å². The zero-order valence-electron chi connectivity index (χ0n) is 12.0. The third kappa shape index (κ3) is 8.18. The Morgan fingerprint density at radius 2 is 1.60 bits per heavy atom. The molecule has 0 unspecified atom stereocenters. The maximum atomic E-state index is 5.44. The Labute approximate surface area is 119 Å². The van der Waals surface area contributed by atoms with Crippen molar-refractivity contribution in [1.29, 1.82) is 0 Å². The van der Waals surface area contributed by atoms with Crippen molar-refractivity contribution in [3.63, 3.8) is 0 Å². The second-order valence-electron chi connectivity index (χ2n) is 4.01. The first-order valence-electron chi connectivity index (χ1n) is 6.68. The van der Waals surface area contributed by atoms with E-state index in [0.29, 0.717) is 59.3 Å². The molecule has 0 bridgehead atoms. The molecule has 0 aliphatic carbocycles. The third-order valence-electron chi connectivity index (χ3n) is 2.44. The van der Waals surface area contributed by atoms with Crippen LogP contribution in [0.5, 0.6) is 0 Å². The van der Waals surface area contributed by atoms with E-state index in [1.807, 2.05) is 6.20 Å². The number of rotatable bonds is 13. The molecule has 116 valence electrons. The van der Waals surface area contributed by atoms with Gasteiger partial charge in [-0.05, 0) is 0 Å². The van der Waals surface area contributed by atoms with E-state index in [2.05, 4.69) is 10.3 Å². The summed E-state index contributed by atoms with van der Waals surface area (Å²) in [6, 6.07) is 0. The van der Waals surface area contributed by atoms with Crippen LogP contribution in [0.3, 0.4) is 0 Å². The Morgan fingerprint density at radius 3 is 2.15 bits per heavy atom. The summed E-state index contributed by atoms with van der Waals surface area (Å²) >= 11 is 0. The summed E-state index contributed by atoms with van der Waals surface area (Å²) in [6.07, 6.45) is 1.82. The van der Waals surface area contributed by atoms with Gasteiger partial charge in [-0.15, -0.1) is 5.10 Å². The van der Waals surface area contributed by atoms with Crippen molar-refractivity contribution in [2.45, 2.75) is 13.1 Å². The van der Waals surface area contributed by atoms with E-state index in [4.69, 9.17) is 24.7 Å². The SMILES string of the molecule is COCCOCCOCCOCCn1cc(CN)nn1. The molecule has 1 aromatic rings. The van der Waals surface area contributed by atoms with Gasteiger partial charge in [0.2, 0.25) is 0 Å². The van der Waals surface area contributed by atoms with E-state index < -0.39 is 0 Å². The van der Waals surface area contributed by atoms with Gasteiger partial charge in [-0.1, -0.05) is 5.21 Å². The Hall–Kier alpha value is -1.06.